The predicted molar refractivity (Wildman–Crippen MR) is 140 cm³/mol. The summed E-state index contributed by atoms with van der Waals surface area (Å²) in [7, 11) is 3.42. The van der Waals surface area contributed by atoms with Gasteiger partial charge in [-0.05, 0) is 55.7 Å². The van der Waals surface area contributed by atoms with E-state index in [-0.39, 0.29) is 12.0 Å². The minimum absolute atomic E-state index is 0.177. The number of aromatic nitrogens is 2. The number of hydrogen-bond acceptors (Lipinski definition) is 5. The van der Waals surface area contributed by atoms with E-state index in [0.29, 0.717) is 35.2 Å². The van der Waals surface area contributed by atoms with Gasteiger partial charge in [0.2, 0.25) is 0 Å². The molecule has 3 rings (SSSR count). The van der Waals surface area contributed by atoms with E-state index in [4.69, 9.17) is 9.47 Å². The largest absolute Gasteiger partial charge is 0.488 e. The second-order valence-corrected chi connectivity index (χ2v) is 8.90. The molecule has 35 heavy (non-hydrogen) atoms. The van der Waals surface area contributed by atoms with E-state index in [1.807, 2.05) is 37.3 Å². The van der Waals surface area contributed by atoms with Crippen LogP contribution in [0.5, 0.6) is 5.75 Å². The number of aryl methyl sites for hydroxylation is 1. The zero-order valence-corrected chi connectivity index (χ0v) is 21.1. The van der Waals surface area contributed by atoms with Crippen LogP contribution in [0.25, 0.3) is 0 Å². The van der Waals surface area contributed by atoms with Gasteiger partial charge in [-0.2, -0.15) is 5.10 Å². The van der Waals surface area contributed by atoms with Crippen molar-refractivity contribution in [2.24, 2.45) is 13.0 Å². The van der Waals surface area contributed by atoms with Crippen LogP contribution < -0.4 is 15.4 Å². The number of rotatable bonds is 10. The van der Waals surface area contributed by atoms with Crippen LogP contribution in [0.3, 0.4) is 0 Å². The molecular formula is C28H34N4O3. The van der Waals surface area contributed by atoms with Crippen LogP contribution in [-0.2, 0) is 11.8 Å². The van der Waals surface area contributed by atoms with Crippen molar-refractivity contribution in [3.8, 4) is 17.6 Å². The molecule has 7 heteroatoms. The van der Waals surface area contributed by atoms with Crippen LogP contribution in [0, 0.1) is 17.8 Å². The second-order valence-electron chi connectivity index (χ2n) is 8.90. The third kappa shape index (κ3) is 8.51. The Morgan fingerprint density at radius 1 is 1.09 bits per heavy atom. The molecule has 0 radical (unpaired) electrons. The van der Waals surface area contributed by atoms with E-state index in [1.165, 1.54) is 0 Å². The van der Waals surface area contributed by atoms with E-state index < -0.39 is 0 Å². The van der Waals surface area contributed by atoms with Gasteiger partial charge in [-0.1, -0.05) is 31.8 Å². The fourth-order valence-corrected chi connectivity index (χ4v) is 3.40. The van der Waals surface area contributed by atoms with Crippen molar-refractivity contribution in [1.82, 2.24) is 9.78 Å². The molecular weight excluding hydrogens is 440 g/mol. The molecule has 0 spiro atoms. The number of nitrogens with one attached hydrogen (secondary N) is 2. The van der Waals surface area contributed by atoms with Crippen molar-refractivity contribution < 1.29 is 14.3 Å². The van der Waals surface area contributed by atoms with E-state index in [0.717, 1.165) is 24.2 Å². The number of nitrogens with zero attached hydrogens (tertiary/aromatic N) is 2. The highest BCUT2D eigenvalue weighted by Crippen LogP contribution is 2.20. The Hall–Kier alpha value is -3.76. The normalized spacial score (nSPS) is 11.5. The molecule has 0 fully saturated rings. The van der Waals surface area contributed by atoms with Crippen molar-refractivity contribution in [2.45, 2.75) is 33.3 Å². The first-order valence-electron chi connectivity index (χ1n) is 11.8. The summed E-state index contributed by atoms with van der Waals surface area (Å²) >= 11 is 0. The molecule has 0 aliphatic carbocycles. The molecule has 0 aliphatic heterocycles. The lowest BCUT2D eigenvalue weighted by Crippen LogP contribution is -2.19. The van der Waals surface area contributed by atoms with Gasteiger partial charge >= 0.3 is 0 Å². The fourth-order valence-electron chi connectivity index (χ4n) is 3.40. The number of ether oxygens (including phenoxy) is 2. The smallest absolute Gasteiger partial charge is 0.257 e. The van der Waals surface area contributed by atoms with Gasteiger partial charge < -0.3 is 20.1 Å². The molecule has 1 heterocycles. The molecule has 2 aromatic carbocycles. The van der Waals surface area contributed by atoms with Gasteiger partial charge in [-0.15, -0.1) is 0 Å². The van der Waals surface area contributed by atoms with Gasteiger partial charge in [0.15, 0.2) is 5.82 Å². The van der Waals surface area contributed by atoms with Gasteiger partial charge in [-0.3, -0.25) is 9.48 Å². The van der Waals surface area contributed by atoms with Gasteiger partial charge in [0.25, 0.3) is 5.91 Å². The molecule has 7 nitrogen and oxygen atoms in total. The van der Waals surface area contributed by atoms with Crippen molar-refractivity contribution in [1.29, 1.82) is 0 Å². The van der Waals surface area contributed by atoms with Crippen LogP contribution in [-0.4, -0.2) is 42.1 Å². The second kappa shape index (κ2) is 12.6. The highest BCUT2D eigenvalue weighted by molar-refractivity contribution is 6.04. The van der Waals surface area contributed by atoms with Gasteiger partial charge in [0.1, 0.15) is 11.9 Å². The first kappa shape index (κ1) is 25.9. The summed E-state index contributed by atoms with van der Waals surface area (Å²) in [5.41, 5.74) is 3.04. The molecule has 0 saturated carbocycles. The maximum absolute atomic E-state index is 12.9. The van der Waals surface area contributed by atoms with Crippen LogP contribution in [0.15, 0.2) is 54.7 Å². The summed E-state index contributed by atoms with van der Waals surface area (Å²) in [4.78, 5) is 12.9. The number of carbonyl (C=O) groups excluding carboxylic acids is 1. The highest BCUT2D eigenvalue weighted by Gasteiger charge is 2.12. The summed E-state index contributed by atoms with van der Waals surface area (Å²) in [5.74, 6) is 7.79. The van der Waals surface area contributed by atoms with Crippen LogP contribution in [0.2, 0.25) is 0 Å². The topological polar surface area (TPSA) is 77.4 Å². The first-order chi connectivity index (χ1) is 16.8. The van der Waals surface area contributed by atoms with Gasteiger partial charge in [-0.25, -0.2) is 0 Å². The monoisotopic (exact) mass is 474 g/mol. The Bertz CT molecular complexity index is 1190. The molecule has 3 aromatic rings. The van der Waals surface area contributed by atoms with Crippen molar-refractivity contribution in [3.05, 3.63) is 71.4 Å². The molecule has 0 bridgehead atoms. The average Bonchev–Trinajstić information content (AvgIpc) is 3.22. The molecule has 2 N–H and O–H groups in total. The van der Waals surface area contributed by atoms with Crippen LogP contribution >= 0.6 is 0 Å². The van der Waals surface area contributed by atoms with Gasteiger partial charge in [0.05, 0.1) is 6.61 Å². The summed E-state index contributed by atoms with van der Waals surface area (Å²) in [6, 6.07) is 15.1. The summed E-state index contributed by atoms with van der Waals surface area (Å²) in [5, 5.41) is 10.5. The van der Waals surface area contributed by atoms with Gasteiger partial charge in [0, 0.05) is 55.3 Å². The summed E-state index contributed by atoms with van der Waals surface area (Å²) < 4.78 is 12.8. The zero-order valence-electron chi connectivity index (χ0n) is 21.1. The SMILES string of the molecule is COC[C@H](C)Oc1cc(C#Cc2cccc(NCCC(C)C)c2)cc(C(=O)Nc2ccn(C)n2)c1. The minimum atomic E-state index is -0.284. The summed E-state index contributed by atoms with van der Waals surface area (Å²) in [6.45, 7) is 7.68. The maximum atomic E-state index is 12.9. The van der Waals surface area contributed by atoms with Crippen molar-refractivity contribution in [3.63, 3.8) is 0 Å². The maximum Gasteiger partial charge on any atom is 0.257 e. The standard InChI is InChI=1S/C28H34N4O3/c1-20(2)11-13-29-25-8-6-7-22(16-25)9-10-23-15-24(18-26(17-23)35-21(3)19-34-5)28(33)30-27-12-14-32(4)31-27/h6-8,12,14-18,20-21,29H,11,13,19H2,1-5H3,(H,30,31,33)/t21-/m0/s1. The number of methoxy groups -OCH3 is 1. The summed E-state index contributed by atoms with van der Waals surface area (Å²) in [6.07, 6.45) is 2.70. The number of carbonyl (C=O) groups is 1. The van der Waals surface area contributed by atoms with E-state index in [9.17, 15) is 4.79 Å². The van der Waals surface area contributed by atoms with Crippen molar-refractivity contribution in [2.75, 3.05) is 30.9 Å². The molecule has 1 amide bonds. The molecule has 0 aliphatic rings. The highest BCUT2D eigenvalue weighted by atomic mass is 16.5. The average molecular weight is 475 g/mol. The lowest BCUT2D eigenvalue weighted by molar-refractivity contribution is 0.0917. The molecule has 184 valence electrons. The van der Waals surface area contributed by atoms with Crippen LogP contribution in [0.4, 0.5) is 11.5 Å². The number of anilines is 2. The van der Waals surface area contributed by atoms with Crippen molar-refractivity contribution >= 4 is 17.4 Å². The quantitative estimate of drug-likeness (QED) is 0.407. The zero-order chi connectivity index (χ0) is 25.2. The lowest BCUT2D eigenvalue weighted by atomic mass is 10.1. The minimum Gasteiger partial charge on any atom is -0.488 e. The Kier molecular flexibility index (Phi) is 9.33. The molecule has 0 unspecified atom stereocenters. The fraction of sp³-hybridized carbons (Fsp3) is 0.357. The Balaban J connectivity index is 1.83. The number of hydrogen-bond donors (Lipinski definition) is 2. The van der Waals surface area contributed by atoms with Crippen LogP contribution in [0.1, 0.15) is 48.7 Å². The number of amides is 1. The number of benzene rings is 2. The first-order valence-corrected chi connectivity index (χ1v) is 11.8. The molecule has 0 saturated heterocycles. The lowest BCUT2D eigenvalue weighted by Gasteiger charge is -2.15. The Morgan fingerprint density at radius 2 is 1.89 bits per heavy atom. The van der Waals surface area contributed by atoms with E-state index in [2.05, 4.69) is 41.4 Å². The molecule has 1 aromatic heterocycles. The Labute approximate surface area is 207 Å². The molecule has 1 atom stereocenters. The Morgan fingerprint density at radius 3 is 2.60 bits per heavy atom. The third-order valence-electron chi connectivity index (χ3n) is 5.13. The van der Waals surface area contributed by atoms with E-state index >= 15 is 0 Å². The predicted octanol–water partition coefficient (Wildman–Crippen LogP) is 4.94. The third-order valence-corrected chi connectivity index (χ3v) is 5.13. The van der Waals surface area contributed by atoms with E-state index in [1.54, 1.807) is 43.2 Å².